The number of pyridine rings is 1. The maximum atomic E-state index is 12.1. The lowest BCUT2D eigenvalue weighted by molar-refractivity contribution is 0.0969. The van der Waals surface area contributed by atoms with Crippen LogP contribution in [0.25, 0.3) is 10.9 Å². The predicted molar refractivity (Wildman–Crippen MR) is 137 cm³/mol. The number of nitrogens with one attached hydrogen (secondary N) is 2. The van der Waals surface area contributed by atoms with E-state index in [1.807, 2.05) is 25.1 Å². The number of carbonyl (C=O) groups is 2. The first-order valence-electron chi connectivity index (χ1n) is 10.2. The number of thiophene rings is 1. The van der Waals surface area contributed by atoms with E-state index >= 15 is 0 Å². The second-order valence-corrected chi connectivity index (χ2v) is 9.72. The van der Waals surface area contributed by atoms with Crippen LogP contribution in [0, 0.1) is 6.92 Å². The average Bonchev–Trinajstić information content (AvgIpc) is 3.29. The fourth-order valence-electron chi connectivity index (χ4n) is 3.19. The zero-order valence-electron chi connectivity index (χ0n) is 18.9. The Labute approximate surface area is 214 Å². The molecule has 2 aromatic carbocycles. The summed E-state index contributed by atoms with van der Waals surface area (Å²) in [5.41, 5.74) is 1.58. The Morgan fingerprint density at radius 1 is 1.00 bits per heavy atom. The van der Waals surface area contributed by atoms with Crippen LogP contribution in [-0.2, 0) is 0 Å². The third kappa shape index (κ3) is 5.79. The number of nitrogens with zero attached hydrogens (tertiary/aromatic N) is 1. The minimum absolute atomic E-state index is 0.354. The highest BCUT2D eigenvalue weighted by Crippen LogP contribution is 2.37. The first-order chi connectivity index (χ1) is 16.9. The van der Waals surface area contributed by atoms with Crippen molar-refractivity contribution in [3.05, 3.63) is 69.5 Å². The summed E-state index contributed by atoms with van der Waals surface area (Å²) >= 11 is 8.02. The number of carbonyl (C=O) groups excluding carboxylic acids is 2. The van der Waals surface area contributed by atoms with Gasteiger partial charge in [0.05, 0.1) is 28.9 Å². The molecule has 0 aliphatic carbocycles. The molecule has 0 atom stereocenters. The number of amides is 3. The largest absolute Gasteiger partial charge is 0.493 e. The van der Waals surface area contributed by atoms with Crippen LogP contribution >= 0.6 is 34.9 Å². The standard InChI is InChI=1S/C24H20ClN3O5S2/c1-13-10-14(33-17-8-9-26-16-12-19(32-3)18(31-2)11-15(16)17)4-5-20(13)35-28-24(30)27-23(29)21-6-7-22(25)34-21/h4-12H,1-3H3,(H2,27,28,29,30). The molecule has 8 nitrogen and oxygen atoms in total. The number of aryl methyl sites for hydroxylation is 1. The molecule has 2 aromatic heterocycles. The fourth-order valence-corrected chi connectivity index (χ4v) is 4.74. The van der Waals surface area contributed by atoms with E-state index < -0.39 is 11.9 Å². The normalized spacial score (nSPS) is 10.6. The van der Waals surface area contributed by atoms with E-state index in [-0.39, 0.29) is 0 Å². The van der Waals surface area contributed by atoms with Crippen LogP contribution in [0.4, 0.5) is 4.79 Å². The van der Waals surface area contributed by atoms with Crippen molar-refractivity contribution in [2.45, 2.75) is 11.8 Å². The van der Waals surface area contributed by atoms with Gasteiger partial charge in [0.25, 0.3) is 5.91 Å². The van der Waals surface area contributed by atoms with Crippen molar-refractivity contribution in [3.8, 4) is 23.0 Å². The molecule has 11 heteroatoms. The summed E-state index contributed by atoms with van der Waals surface area (Å²) in [5.74, 6) is 1.87. The SMILES string of the molecule is COc1cc2nccc(Oc3ccc(SNC(=O)NC(=O)c4ccc(Cl)s4)c(C)c3)c2cc1OC. The van der Waals surface area contributed by atoms with Crippen molar-refractivity contribution in [2.75, 3.05) is 14.2 Å². The highest BCUT2D eigenvalue weighted by Gasteiger charge is 2.14. The summed E-state index contributed by atoms with van der Waals surface area (Å²) < 4.78 is 20.0. The molecule has 0 spiro atoms. The third-order valence-corrected chi connectivity index (χ3v) is 7.05. The lowest BCUT2D eigenvalue weighted by Gasteiger charge is -2.13. The third-order valence-electron chi connectivity index (χ3n) is 4.86. The minimum Gasteiger partial charge on any atom is -0.493 e. The topological polar surface area (TPSA) is 98.8 Å². The zero-order valence-corrected chi connectivity index (χ0v) is 21.3. The monoisotopic (exact) mass is 529 g/mol. The molecular weight excluding hydrogens is 510 g/mol. The van der Waals surface area contributed by atoms with Gasteiger partial charge in [-0.3, -0.25) is 19.8 Å². The van der Waals surface area contributed by atoms with Gasteiger partial charge in [-0.2, -0.15) is 0 Å². The quantitative estimate of drug-likeness (QED) is 0.274. The van der Waals surface area contributed by atoms with E-state index in [9.17, 15) is 9.59 Å². The zero-order chi connectivity index (χ0) is 24.9. The number of halogens is 1. The van der Waals surface area contributed by atoms with E-state index in [1.54, 1.807) is 50.7 Å². The van der Waals surface area contributed by atoms with Crippen molar-refractivity contribution in [3.63, 3.8) is 0 Å². The van der Waals surface area contributed by atoms with Gasteiger partial charge in [-0.25, -0.2) is 4.79 Å². The van der Waals surface area contributed by atoms with Gasteiger partial charge in [-0.05, 0) is 66.9 Å². The summed E-state index contributed by atoms with van der Waals surface area (Å²) in [4.78, 5) is 29.7. The summed E-state index contributed by atoms with van der Waals surface area (Å²) in [7, 11) is 3.14. The molecule has 180 valence electrons. The summed E-state index contributed by atoms with van der Waals surface area (Å²) in [6.45, 7) is 1.89. The Bertz CT molecular complexity index is 1410. The first-order valence-corrected chi connectivity index (χ1v) is 12.2. The van der Waals surface area contributed by atoms with E-state index in [0.29, 0.717) is 37.7 Å². The Morgan fingerprint density at radius 2 is 1.77 bits per heavy atom. The van der Waals surface area contributed by atoms with Crippen molar-refractivity contribution in [1.82, 2.24) is 15.0 Å². The Hall–Kier alpha value is -3.47. The highest BCUT2D eigenvalue weighted by molar-refractivity contribution is 7.98. The number of urea groups is 1. The summed E-state index contributed by atoms with van der Waals surface area (Å²) in [6, 6.07) is 13.4. The first kappa shape index (κ1) is 24.6. The molecule has 4 aromatic rings. The molecule has 3 amide bonds. The number of methoxy groups -OCH3 is 2. The molecule has 0 saturated heterocycles. The molecule has 0 unspecified atom stereocenters. The van der Waals surface area contributed by atoms with Crippen LogP contribution in [0.1, 0.15) is 15.2 Å². The predicted octanol–water partition coefficient (Wildman–Crippen LogP) is 6.21. The summed E-state index contributed by atoms with van der Waals surface area (Å²) in [6.07, 6.45) is 1.66. The minimum atomic E-state index is -0.628. The number of fused-ring (bicyclic) bond motifs is 1. The molecule has 0 radical (unpaired) electrons. The molecule has 2 N–H and O–H groups in total. The highest BCUT2D eigenvalue weighted by atomic mass is 35.5. The number of hydrogen-bond donors (Lipinski definition) is 2. The number of aromatic nitrogens is 1. The van der Waals surface area contributed by atoms with E-state index in [1.165, 1.54) is 0 Å². The molecule has 0 saturated carbocycles. The molecule has 0 fully saturated rings. The van der Waals surface area contributed by atoms with Crippen molar-refractivity contribution < 1.29 is 23.8 Å². The lowest BCUT2D eigenvalue weighted by atomic mass is 10.1. The maximum absolute atomic E-state index is 12.1. The maximum Gasteiger partial charge on any atom is 0.331 e. The van der Waals surface area contributed by atoms with Crippen molar-refractivity contribution in [2.24, 2.45) is 0 Å². The van der Waals surface area contributed by atoms with Gasteiger partial charge in [-0.15, -0.1) is 11.3 Å². The van der Waals surface area contributed by atoms with Crippen LogP contribution in [0.3, 0.4) is 0 Å². The van der Waals surface area contributed by atoms with Crippen LogP contribution in [-0.4, -0.2) is 31.1 Å². The van der Waals surface area contributed by atoms with E-state index in [0.717, 1.165) is 39.1 Å². The van der Waals surface area contributed by atoms with Crippen LogP contribution < -0.4 is 24.2 Å². The number of imide groups is 1. The van der Waals surface area contributed by atoms with Gasteiger partial charge < -0.3 is 14.2 Å². The van der Waals surface area contributed by atoms with Crippen molar-refractivity contribution >= 4 is 57.7 Å². The smallest absolute Gasteiger partial charge is 0.331 e. The van der Waals surface area contributed by atoms with Gasteiger partial charge in [0.2, 0.25) is 0 Å². The number of ether oxygens (including phenoxy) is 3. The molecule has 0 bridgehead atoms. The van der Waals surface area contributed by atoms with Gasteiger partial charge in [0, 0.05) is 22.5 Å². The van der Waals surface area contributed by atoms with Gasteiger partial charge in [-0.1, -0.05) is 11.6 Å². The number of hydrogen-bond acceptors (Lipinski definition) is 8. The number of benzene rings is 2. The second kappa shape index (κ2) is 10.9. The van der Waals surface area contributed by atoms with E-state index in [2.05, 4.69) is 15.0 Å². The lowest BCUT2D eigenvalue weighted by Crippen LogP contribution is -2.35. The fraction of sp³-hybridized carbons (Fsp3) is 0.125. The molecule has 35 heavy (non-hydrogen) atoms. The van der Waals surface area contributed by atoms with Crippen LogP contribution in [0.2, 0.25) is 4.34 Å². The van der Waals surface area contributed by atoms with E-state index in [4.69, 9.17) is 25.8 Å². The Balaban J connectivity index is 1.43. The molecule has 0 aliphatic heterocycles. The summed E-state index contributed by atoms with van der Waals surface area (Å²) in [5, 5.41) is 3.04. The molecule has 4 rings (SSSR count). The molecule has 0 aliphatic rings. The van der Waals surface area contributed by atoms with Gasteiger partial charge in [0.15, 0.2) is 11.5 Å². The number of rotatable bonds is 7. The van der Waals surface area contributed by atoms with Crippen LogP contribution in [0.5, 0.6) is 23.0 Å². The Kier molecular flexibility index (Phi) is 7.64. The van der Waals surface area contributed by atoms with Crippen molar-refractivity contribution in [1.29, 1.82) is 0 Å². The molecular formula is C24H20ClN3O5S2. The molecule has 2 heterocycles. The van der Waals surface area contributed by atoms with Gasteiger partial charge in [0.1, 0.15) is 11.5 Å². The second-order valence-electron chi connectivity index (χ2n) is 7.15. The van der Waals surface area contributed by atoms with Gasteiger partial charge >= 0.3 is 6.03 Å². The Morgan fingerprint density at radius 3 is 2.46 bits per heavy atom. The average molecular weight is 530 g/mol. The van der Waals surface area contributed by atoms with Crippen LogP contribution in [0.15, 0.2) is 59.6 Å².